The van der Waals surface area contributed by atoms with Crippen LogP contribution in [-0.2, 0) is 10.0 Å². The summed E-state index contributed by atoms with van der Waals surface area (Å²) < 4.78 is 26.5. The highest BCUT2D eigenvalue weighted by molar-refractivity contribution is 7.89. The third-order valence-electron chi connectivity index (χ3n) is 4.50. The number of hydrogen-bond donors (Lipinski definition) is 2. The molecule has 0 saturated carbocycles. The summed E-state index contributed by atoms with van der Waals surface area (Å²) in [5.41, 5.74) is 7.56. The summed E-state index contributed by atoms with van der Waals surface area (Å²) in [6.45, 7) is 6.29. The molecular formula is C20H25N3O3S2. The smallest absolute Gasteiger partial charge is 0.251 e. The van der Waals surface area contributed by atoms with Gasteiger partial charge in [-0.3, -0.25) is 4.79 Å². The molecule has 0 heterocycles. The Morgan fingerprint density at radius 2 is 1.54 bits per heavy atom. The maximum atomic E-state index is 12.6. The number of thiocarbonyl (C=S) groups is 1. The molecule has 2 rings (SSSR count). The minimum Gasteiger partial charge on any atom is -0.389 e. The van der Waals surface area contributed by atoms with Gasteiger partial charge in [0.1, 0.15) is 4.99 Å². The van der Waals surface area contributed by atoms with E-state index < -0.39 is 10.0 Å². The Bertz CT molecular complexity index is 936. The molecule has 2 aromatic carbocycles. The molecular weight excluding hydrogens is 394 g/mol. The van der Waals surface area contributed by atoms with Gasteiger partial charge in [0.25, 0.3) is 5.91 Å². The minimum absolute atomic E-state index is 0.234. The molecule has 0 aliphatic carbocycles. The molecule has 1 unspecified atom stereocenters. The number of carbonyl (C=O) groups is 1. The quantitative estimate of drug-likeness (QED) is 0.642. The summed E-state index contributed by atoms with van der Waals surface area (Å²) in [7, 11) is -3.50. The Balaban J connectivity index is 2.11. The van der Waals surface area contributed by atoms with Crippen molar-refractivity contribution >= 4 is 33.1 Å². The second kappa shape index (κ2) is 9.27. The van der Waals surface area contributed by atoms with Crippen LogP contribution in [0, 0.1) is 0 Å². The van der Waals surface area contributed by atoms with Crippen molar-refractivity contribution in [3.63, 3.8) is 0 Å². The molecule has 0 spiro atoms. The molecule has 8 heteroatoms. The van der Waals surface area contributed by atoms with E-state index in [0.29, 0.717) is 24.2 Å². The number of carbonyl (C=O) groups excluding carboxylic acids is 1. The summed E-state index contributed by atoms with van der Waals surface area (Å²) in [4.78, 5) is 12.9. The highest BCUT2D eigenvalue weighted by Crippen LogP contribution is 2.20. The van der Waals surface area contributed by atoms with Gasteiger partial charge in [-0.15, -0.1) is 0 Å². The van der Waals surface area contributed by atoms with Gasteiger partial charge in [-0.1, -0.05) is 50.3 Å². The van der Waals surface area contributed by atoms with E-state index in [-0.39, 0.29) is 21.8 Å². The third kappa shape index (κ3) is 4.95. The molecule has 6 nitrogen and oxygen atoms in total. The Morgan fingerprint density at radius 3 is 2.00 bits per heavy atom. The molecule has 0 radical (unpaired) electrons. The fourth-order valence-corrected chi connectivity index (χ4v) is 4.38. The van der Waals surface area contributed by atoms with E-state index in [1.807, 2.05) is 6.92 Å². The SMILES string of the molecule is CCN(CC)S(=O)(=O)c1ccc(C(C)NC(=O)c2ccc(C(N)=S)cc2)cc1. The lowest BCUT2D eigenvalue weighted by Crippen LogP contribution is -2.30. The van der Waals surface area contributed by atoms with Crippen molar-refractivity contribution in [3.05, 3.63) is 65.2 Å². The van der Waals surface area contributed by atoms with Crippen LogP contribution >= 0.6 is 12.2 Å². The van der Waals surface area contributed by atoms with Gasteiger partial charge >= 0.3 is 0 Å². The minimum atomic E-state index is -3.50. The molecule has 0 aromatic heterocycles. The van der Waals surface area contributed by atoms with Gasteiger partial charge in [0.2, 0.25) is 10.0 Å². The molecule has 0 aliphatic rings. The first-order chi connectivity index (χ1) is 13.2. The highest BCUT2D eigenvalue weighted by Gasteiger charge is 2.21. The molecule has 0 fully saturated rings. The molecule has 1 atom stereocenters. The Labute approximate surface area is 171 Å². The number of nitrogens with one attached hydrogen (secondary N) is 1. The Kier molecular flexibility index (Phi) is 7.29. The van der Waals surface area contributed by atoms with Gasteiger partial charge < -0.3 is 11.1 Å². The predicted octanol–water partition coefficient (Wildman–Crippen LogP) is 2.84. The fourth-order valence-electron chi connectivity index (χ4n) is 2.79. The predicted molar refractivity (Wildman–Crippen MR) is 115 cm³/mol. The highest BCUT2D eigenvalue weighted by atomic mass is 32.2. The number of benzene rings is 2. The van der Waals surface area contributed by atoms with Gasteiger partial charge in [0.15, 0.2) is 0 Å². The van der Waals surface area contributed by atoms with E-state index in [1.165, 1.54) is 4.31 Å². The van der Waals surface area contributed by atoms with Crippen LogP contribution in [0.15, 0.2) is 53.4 Å². The van der Waals surface area contributed by atoms with Crippen LogP contribution in [0.25, 0.3) is 0 Å². The lowest BCUT2D eigenvalue weighted by molar-refractivity contribution is 0.0940. The third-order valence-corrected chi connectivity index (χ3v) is 6.80. The van der Waals surface area contributed by atoms with Crippen LogP contribution in [-0.4, -0.2) is 36.7 Å². The lowest BCUT2D eigenvalue weighted by atomic mass is 10.1. The first-order valence-electron chi connectivity index (χ1n) is 9.01. The first kappa shape index (κ1) is 22.0. The molecule has 150 valence electrons. The maximum absolute atomic E-state index is 12.6. The average molecular weight is 420 g/mol. The zero-order valence-corrected chi connectivity index (χ0v) is 17.8. The monoisotopic (exact) mass is 419 g/mol. The van der Waals surface area contributed by atoms with Crippen LogP contribution in [0.2, 0.25) is 0 Å². The van der Waals surface area contributed by atoms with Crippen molar-refractivity contribution in [1.29, 1.82) is 0 Å². The first-order valence-corrected chi connectivity index (χ1v) is 10.9. The lowest BCUT2D eigenvalue weighted by Gasteiger charge is -2.19. The molecule has 0 bridgehead atoms. The van der Waals surface area contributed by atoms with E-state index in [4.69, 9.17) is 18.0 Å². The molecule has 0 saturated heterocycles. The number of rotatable bonds is 8. The molecule has 28 heavy (non-hydrogen) atoms. The fraction of sp³-hybridized carbons (Fsp3) is 0.300. The van der Waals surface area contributed by atoms with E-state index in [1.54, 1.807) is 62.4 Å². The Hall–Kier alpha value is -2.29. The van der Waals surface area contributed by atoms with Crippen molar-refractivity contribution < 1.29 is 13.2 Å². The van der Waals surface area contributed by atoms with Gasteiger partial charge in [-0.25, -0.2) is 8.42 Å². The van der Waals surface area contributed by atoms with Gasteiger partial charge in [-0.2, -0.15) is 4.31 Å². The number of nitrogens with zero attached hydrogens (tertiary/aromatic N) is 1. The summed E-state index contributed by atoms with van der Waals surface area (Å²) in [6, 6.07) is 13.0. The number of sulfonamides is 1. The van der Waals surface area contributed by atoms with Crippen molar-refractivity contribution in [3.8, 4) is 0 Å². The molecule has 3 N–H and O–H groups in total. The topological polar surface area (TPSA) is 92.5 Å². The molecule has 0 aliphatic heterocycles. The summed E-state index contributed by atoms with van der Waals surface area (Å²) >= 11 is 4.90. The summed E-state index contributed by atoms with van der Waals surface area (Å²) in [6.07, 6.45) is 0. The average Bonchev–Trinajstić information content (AvgIpc) is 2.68. The van der Waals surface area contributed by atoms with Gasteiger partial charge in [-0.05, 0) is 36.8 Å². The van der Waals surface area contributed by atoms with Crippen LogP contribution < -0.4 is 11.1 Å². The standard InChI is InChI=1S/C20H25N3O3S2/c1-4-23(5-2)28(25,26)18-12-10-15(11-13-18)14(3)22-20(24)17-8-6-16(7-9-17)19(21)27/h6-14H,4-5H2,1-3H3,(H2,21,27)(H,22,24). The van der Waals surface area contributed by atoms with Crippen molar-refractivity contribution in [1.82, 2.24) is 9.62 Å². The second-order valence-corrected chi connectivity index (χ2v) is 8.67. The van der Waals surface area contributed by atoms with Crippen molar-refractivity contribution in [2.24, 2.45) is 5.73 Å². The van der Waals surface area contributed by atoms with Crippen molar-refractivity contribution in [2.75, 3.05) is 13.1 Å². The van der Waals surface area contributed by atoms with E-state index in [2.05, 4.69) is 5.32 Å². The number of nitrogens with two attached hydrogens (primary N) is 1. The summed E-state index contributed by atoms with van der Waals surface area (Å²) in [5, 5.41) is 2.90. The molecule has 2 aromatic rings. The van der Waals surface area contributed by atoms with E-state index in [0.717, 1.165) is 5.56 Å². The number of amides is 1. The van der Waals surface area contributed by atoms with E-state index >= 15 is 0 Å². The van der Waals surface area contributed by atoms with Gasteiger partial charge in [0.05, 0.1) is 10.9 Å². The normalized spacial score (nSPS) is 12.6. The number of hydrogen-bond acceptors (Lipinski definition) is 4. The van der Waals surface area contributed by atoms with Crippen LogP contribution in [0.4, 0.5) is 0 Å². The second-order valence-electron chi connectivity index (χ2n) is 6.30. The van der Waals surface area contributed by atoms with E-state index in [9.17, 15) is 13.2 Å². The summed E-state index contributed by atoms with van der Waals surface area (Å²) in [5.74, 6) is -0.234. The maximum Gasteiger partial charge on any atom is 0.251 e. The zero-order valence-electron chi connectivity index (χ0n) is 16.2. The largest absolute Gasteiger partial charge is 0.389 e. The Morgan fingerprint density at radius 1 is 1.04 bits per heavy atom. The van der Waals surface area contributed by atoms with Gasteiger partial charge in [0, 0.05) is 24.2 Å². The molecule has 1 amide bonds. The van der Waals surface area contributed by atoms with Crippen LogP contribution in [0.5, 0.6) is 0 Å². The van der Waals surface area contributed by atoms with Crippen LogP contribution in [0.3, 0.4) is 0 Å². The van der Waals surface area contributed by atoms with Crippen LogP contribution in [0.1, 0.15) is 48.3 Å². The zero-order chi connectivity index (χ0) is 20.9. The van der Waals surface area contributed by atoms with Crippen molar-refractivity contribution in [2.45, 2.75) is 31.7 Å².